The van der Waals surface area contributed by atoms with Gasteiger partial charge in [0, 0.05) is 13.1 Å². The Morgan fingerprint density at radius 1 is 1.21 bits per heavy atom. The summed E-state index contributed by atoms with van der Waals surface area (Å²) in [5.41, 5.74) is 0.859. The number of ether oxygens (including phenoxy) is 1. The zero-order chi connectivity index (χ0) is 14.3. The van der Waals surface area contributed by atoms with Gasteiger partial charge in [-0.1, -0.05) is 12.1 Å². The summed E-state index contributed by atoms with van der Waals surface area (Å²) in [5.74, 6) is -0.754. The smallest absolute Gasteiger partial charge is 0.309 e. The summed E-state index contributed by atoms with van der Waals surface area (Å²) in [6.07, 6.45) is -0.682. The third-order valence-corrected chi connectivity index (χ3v) is 2.38. The van der Waals surface area contributed by atoms with Gasteiger partial charge in [-0.3, -0.25) is 9.59 Å². The van der Waals surface area contributed by atoms with Crippen molar-refractivity contribution in [3.05, 3.63) is 29.8 Å². The number of hydrogen-bond donors (Lipinski definition) is 3. The quantitative estimate of drug-likeness (QED) is 0.645. The minimum Gasteiger partial charge on any atom is -0.497 e. The molecule has 0 spiro atoms. The summed E-state index contributed by atoms with van der Waals surface area (Å²) in [6, 6.07) is 7.14. The molecule has 0 radical (unpaired) electrons. The molecule has 1 atom stereocenters. The minimum absolute atomic E-state index is 0.0504. The lowest BCUT2D eigenvalue weighted by molar-refractivity contribution is -0.139. The van der Waals surface area contributed by atoms with Crippen molar-refractivity contribution in [1.82, 2.24) is 10.6 Å². The van der Waals surface area contributed by atoms with Crippen molar-refractivity contribution >= 4 is 11.8 Å². The molecule has 0 aliphatic heterocycles. The highest BCUT2D eigenvalue weighted by atomic mass is 16.5. The molecule has 0 saturated carbocycles. The van der Waals surface area contributed by atoms with Gasteiger partial charge >= 0.3 is 11.8 Å². The number of hydrogen-bond acceptors (Lipinski definition) is 4. The largest absolute Gasteiger partial charge is 0.497 e. The summed E-state index contributed by atoms with van der Waals surface area (Å²) in [5, 5.41) is 13.8. The Morgan fingerprint density at radius 2 is 1.79 bits per heavy atom. The van der Waals surface area contributed by atoms with Gasteiger partial charge in [-0.2, -0.15) is 0 Å². The van der Waals surface area contributed by atoms with Crippen LogP contribution in [0.4, 0.5) is 0 Å². The van der Waals surface area contributed by atoms with Crippen molar-refractivity contribution in [1.29, 1.82) is 0 Å². The van der Waals surface area contributed by atoms with Crippen molar-refractivity contribution in [2.45, 2.75) is 19.6 Å². The molecule has 104 valence electrons. The molecule has 19 heavy (non-hydrogen) atoms. The van der Waals surface area contributed by atoms with Crippen LogP contribution in [0.15, 0.2) is 24.3 Å². The monoisotopic (exact) mass is 266 g/mol. The fourth-order valence-corrected chi connectivity index (χ4v) is 1.33. The molecule has 3 N–H and O–H groups in total. The lowest BCUT2D eigenvalue weighted by atomic mass is 10.2. The topological polar surface area (TPSA) is 87.7 Å². The maximum atomic E-state index is 11.4. The summed E-state index contributed by atoms with van der Waals surface area (Å²) in [6.45, 7) is 1.83. The van der Waals surface area contributed by atoms with E-state index >= 15 is 0 Å². The van der Waals surface area contributed by atoms with E-state index < -0.39 is 17.9 Å². The normalized spacial score (nSPS) is 11.5. The van der Waals surface area contributed by atoms with Crippen molar-refractivity contribution in [2.75, 3.05) is 13.7 Å². The van der Waals surface area contributed by atoms with Crippen molar-refractivity contribution in [3.8, 4) is 5.75 Å². The van der Waals surface area contributed by atoms with E-state index in [0.717, 1.165) is 11.3 Å². The van der Waals surface area contributed by atoms with Gasteiger partial charge in [-0.25, -0.2) is 0 Å². The Morgan fingerprint density at radius 3 is 2.32 bits per heavy atom. The molecule has 6 nitrogen and oxygen atoms in total. The Labute approximate surface area is 111 Å². The molecule has 6 heteroatoms. The summed E-state index contributed by atoms with van der Waals surface area (Å²) < 4.78 is 5.01. The molecule has 0 bridgehead atoms. The molecule has 0 aliphatic carbocycles. The summed E-state index contributed by atoms with van der Waals surface area (Å²) >= 11 is 0. The van der Waals surface area contributed by atoms with E-state index in [-0.39, 0.29) is 13.1 Å². The highest BCUT2D eigenvalue weighted by molar-refractivity contribution is 6.35. The Bertz CT molecular complexity index is 429. The molecule has 0 fully saturated rings. The maximum absolute atomic E-state index is 11.4. The average molecular weight is 266 g/mol. The second kappa shape index (κ2) is 7.38. The SMILES string of the molecule is COc1ccc(CNC(=O)C(=O)NC[C@@H](C)O)cc1. The Balaban J connectivity index is 2.38. The van der Waals surface area contributed by atoms with E-state index in [1.54, 1.807) is 31.4 Å². The third kappa shape index (κ3) is 5.39. The highest BCUT2D eigenvalue weighted by Crippen LogP contribution is 2.10. The van der Waals surface area contributed by atoms with E-state index in [1.807, 2.05) is 0 Å². The average Bonchev–Trinajstić information content (AvgIpc) is 2.42. The number of carbonyl (C=O) groups is 2. The first-order chi connectivity index (χ1) is 9.02. The molecule has 0 unspecified atom stereocenters. The second-order valence-corrected chi connectivity index (χ2v) is 4.09. The standard InChI is InChI=1S/C13H18N2O4/c1-9(16)7-14-12(17)13(18)15-8-10-3-5-11(19-2)6-4-10/h3-6,9,16H,7-8H2,1-2H3,(H,14,17)(H,15,18)/t9-/m1/s1. The van der Waals surface area contributed by atoms with Gasteiger partial charge < -0.3 is 20.5 Å². The Kier molecular flexibility index (Phi) is 5.81. The van der Waals surface area contributed by atoms with Crippen LogP contribution in [-0.4, -0.2) is 36.7 Å². The van der Waals surface area contributed by atoms with E-state index in [9.17, 15) is 9.59 Å². The predicted octanol–water partition coefficient (Wildman–Crippen LogP) is -0.192. The van der Waals surface area contributed by atoms with Gasteiger partial charge in [0.25, 0.3) is 0 Å². The van der Waals surface area contributed by atoms with Crippen LogP contribution < -0.4 is 15.4 Å². The zero-order valence-electron chi connectivity index (χ0n) is 11.0. The molecule has 2 amide bonds. The first-order valence-corrected chi connectivity index (χ1v) is 5.90. The van der Waals surface area contributed by atoms with E-state index in [2.05, 4.69) is 10.6 Å². The van der Waals surface area contributed by atoms with Crippen LogP contribution in [0.25, 0.3) is 0 Å². The predicted molar refractivity (Wildman–Crippen MR) is 69.5 cm³/mol. The van der Waals surface area contributed by atoms with Gasteiger partial charge in [0.15, 0.2) is 0 Å². The molecule has 0 saturated heterocycles. The molecule has 0 aliphatic rings. The lowest BCUT2D eigenvalue weighted by Gasteiger charge is -2.08. The first-order valence-electron chi connectivity index (χ1n) is 5.90. The number of nitrogens with one attached hydrogen (secondary N) is 2. The van der Waals surface area contributed by atoms with Crippen LogP contribution in [0, 0.1) is 0 Å². The number of aliphatic hydroxyl groups excluding tert-OH is 1. The van der Waals surface area contributed by atoms with E-state index in [0.29, 0.717) is 0 Å². The van der Waals surface area contributed by atoms with Crippen LogP contribution in [0.5, 0.6) is 5.75 Å². The zero-order valence-corrected chi connectivity index (χ0v) is 11.0. The van der Waals surface area contributed by atoms with Gasteiger partial charge in [-0.15, -0.1) is 0 Å². The van der Waals surface area contributed by atoms with Crippen molar-refractivity contribution in [2.24, 2.45) is 0 Å². The van der Waals surface area contributed by atoms with Gasteiger partial charge in [0.1, 0.15) is 5.75 Å². The molecule has 1 aromatic carbocycles. The minimum atomic E-state index is -0.755. The maximum Gasteiger partial charge on any atom is 0.309 e. The molecular formula is C13H18N2O4. The number of amides is 2. The van der Waals surface area contributed by atoms with E-state index in [1.165, 1.54) is 6.92 Å². The third-order valence-electron chi connectivity index (χ3n) is 2.38. The first kappa shape index (κ1) is 15.0. The van der Waals surface area contributed by atoms with Crippen LogP contribution in [-0.2, 0) is 16.1 Å². The highest BCUT2D eigenvalue weighted by Gasteiger charge is 2.12. The van der Waals surface area contributed by atoms with Crippen LogP contribution in [0.2, 0.25) is 0 Å². The van der Waals surface area contributed by atoms with Gasteiger partial charge in [0.2, 0.25) is 0 Å². The number of carbonyl (C=O) groups excluding carboxylic acids is 2. The molecule has 1 aromatic rings. The van der Waals surface area contributed by atoms with Crippen molar-refractivity contribution < 1.29 is 19.4 Å². The van der Waals surface area contributed by atoms with Gasteiger partial charge in [0.05, 0.1) is 13.2 Å². The summed E-state index contributed by atoms with van der Waals surface area (Å²) in [7, 11) is 1.57. The number of benzene rings is 1. The second-order valence-electron chi connectivity index (χ2n) is 4.09. The number of methoxy groups -OCH3 is 1. The Hall–Kier alpha value is -2.08. The molecule has 0 aromatic heterocycles. The fourth-order valence-electron chi connectivity index (χ4n) is 1.33. The molecule has 1 rings (SSSR count). The van der Waals surface area contributed by atoms with E-state index in [4.69, 9.17) is 9.84 Å². The molecule has 0 heterocycles. The van der Waals surface area contributed by atoms with Crippen LogP contribution in [0.1, 0.15) is 12.5 Å². The van der Waals surface area contributed by atoms with Crippen LogP contribution in [0.3, 0.4) is 0 Å². The van der Waals surface area contributed by atoms with Crippen LogP contribution >= 0.6 is 0 Å². The van der Waals surface area contributed by atoms with Crippen molar-refractivity contribution in [3.63, 3.8) is 0 Å². The molecular weight excluding hydrogens is 248 g/mol. The lowest BCUT2D eigenvalue weighted by Crippen LogP contribution is -2.42. The number of aliphatic hydroxyl groups is 1. The fraction of sp³-hybridized carbons (Fsp3) is 0.385. The van der Waals surface area contributed by atoms with Gasteiger partial charge in [-0.05, 0) is 24.6 Å². The summed E-state index contributed by atoms with van der Waals surface area (Å²) in [4.78, 5) is 22.7. The number of rotatable bonds is 5.